The van der Waals surface area contributed by atoms with Crippen molar-refractivity contribution in [2.24, 2.45) is 0 Å². The smallest absolute Gasteiger partial charge is 0.180 e. The van der Waals surface area contributed by atoms with Crippen molar-refractivity contribution in [2.45, 2.75) is 13.2 Å². The van der Waals surface area contributed by atoms with Gasteiger partial charge in [-0.1, -0.05) is 0 Å². The van der Waals surface area contributed by atoms with Gasteiger partial charge in [0.1, 0.15) is 0 Å². The molecule has 0 heterocycles. The van der Waals surface area contributed by atoms with Crippen LogP contribution in [0.3, 0.4) is 0 Å². The monoisotopic (exact) mass is 120 g/mol. The number of hydrogen-bond acceptors (Lipinski definition) is 3. The minimum absolute atomic E-state index is 0.0790. The van der Waals surface area contributed by atoms with Crippen LogP contribution in [0.2, 0.25) is 0 Å². The summed E-state index contributed by atoms with van der Waals surface area (Å²) in [5.74, 6) is 0. The molecule has 0 rings (SSSR count). The number of rotatable bonds is 4. The first-order valence-electron chi connectivity index (χ1n) is 2.60. The fourth-order valence-electron chi connectivity index (χ4n) is 0.381. The first-order valence-corrected chi connectivity index (χ1v) is 2.60. The molecule has 0 spiro atoms. The van der Waals surface area contributed by atoms with Gasteiger partial charge in [-0.3, -0.25) is 0 Å². The van der Waals surface area contributed by atoms with Crippen LogP contribution in [-0.2, 0) is 9.47 Å². The van der Waals surface area contributed by atoms with Crippen LogP contribution in [-0.4, -0.2) is 31.7 Å². The van der Waals surface area contributed by atoms with E-state index in [-0.39, 0.29) is 6.61 Å². The Morgan fingerprint density at radius 2 is 2.25 bits per heavy atom. The molecular weight excluding hydrogens is 108 g/mol. The summed E-state index contributed by atoms with van der Waals surface area (Å²) in [4.78, 5) is 0. The molecule has 0 radical (unpaired) electrons. The summed E-state index contributed by atoms with van der Waals surface area (Å²) in [5, 5.41) is 8.41. The maximum Gasteiger partial charge on any atom is 0.180 e. The third-order valence-corrected chi connectivity index (χ3v) is 0.765. The van der Waals surface area contributed by atoms with Gasteiger partial charge >= 0.3 is 0 Å². The van der Waals surface area contributed by atoms with Gasteiger partial charge in [-0.25, -0.2) is 0 Å². The molecule has 0 fully saturated rings. The molecule has 3 nitrogen and oxygen atoms in total. The maximum atomic E-state index is 8.41. The molecule has 0 aromatic carbocycles. The average molecular weight is 120 g/mol. The zero-order chi connectivity index (χ0) is 6.41. The molecule has 1 N–H and O–H groups in total. The topological polar surface area (TPSA) is 38.7 Å². The van der Waals surface area contributed by atoms with Crippen molar-refractivity contribution in [3.8, 4) is 0 Å². The Hall–Kier alpha value is -0.120. The van der Waals surface area contributed by atoms with E-state index >= 15 is 0 Å². The second-order valence-corrected chi connectivity index (χ2v) is 1.30. The van der Waals surface area contributed by atoms with E-state index in [9.17, 15) is 0 Å². The molecule has 0 aromatic rings. The van der Waals surface area contributed by atoms with E-state index in [0.29, 0.717) is 6.61 Å². The van der Waals surface area contributed by atoms with Gasteiger partial charge in [0.2, 0.25) is 0 Å². The molecule has 0 aliphatic carbocycles. The third kappa shape index (κ3) is 2.96. The summed E-state index contributed by atoms with van der Waals surface area (Å²) < 4.78 is 9.54. The van der Waals surface area contributed by atoms with E-state index in [1.54, 1.807) is 0 Å². The molecule has 0 saturated carbocycles. The number of aliphatic hydroxyl groups is 1. The van der Waals surface area contributed by atoms with E-state index in [1.165, 1.54) is 7.11 Å². The van der Waals surface area contributed by atoms with E-state index < -0.39 is 6.29 Å². The normalized spacial score (nSPS) is 13.9. The largest absolute Gasteiger partial charge is 0.391 e. The third-order valence-electron chi connectivity index (χ3n) is 0.765. The first-order chi connectivity index (χ1) is 3.85. The highest BCUT2D eigenvalue weighted by Gasteiger charge is 2.00. The molecule has 3 heteroatoms. The van der Waals surface area contributed by atoms with Crippen molar-refractivity contribution < 1.29 is 14.6 Å². The molecule has 1 atom stereocenters. The highest BCUT2D eigenvalue weighted by atomic mass is 16.7. The quantitative estimate of drug-likeness (QED) is 0.530. The summed E-state index contributed by atoms with van der Waals surface area (Å²) in [6, 6.07) is 0. The predicted molar refractivity (Wildman–Crippen MR) is 29.5 cm³/mol. The van der Waals surface area contributed by atoms with Gasteiger partial charge in [0.25, 0.3) is 0 Å². The zero-order valence-corrected chi connectivity index (χ0v) is 5.26. The molecule has 0 aromatic heterocycles. The lowest BCUT2D eigenvalue weighted by Crippen LogP contribution is -2.19. The van der Waals surface area contributed by atoms with Crippen LogP contribution in [0, 0.1) is 0 Å². The fraction of sp³-hybridized carbons (Fsp3) is 1.00. The minimum atomic E-state index is -0.444. The predicted octanol–water partition coefficient (Wildman–Crippen LogP) is -0.0123. The number of aliphatic hydroxyl groups excluding tert-OH is 1. The lowest BCUT2D eigenvalue weighted by molar-refractivity contribution is -0.142. The van der Waals surface area contributed by atoms with Gasteiger partial charge in [-0.15, -0.1) is 0 Å². The SMILES string of the molecule is CCOC(CO)OC. The van der Waals surface area contributed by atoms with Gasteiger partial charge < -0.3 is 14.6 Å². The lowest BCUT2D eigenvalue weighted by atomic mass is 10.7. The number of hydrogen-bond donors (Lipinski definition) is 1. The summed E-state index contributed by atoms with van der Waals surface area (Å²) in [6.45, 7) is 2.34. The Kier molecular flexibility index (Phi) is 4.95. The minimum Gasteiger partial charge on any atom is -0.391 e. The molecule has 1 unspecified atom stereocenters. The van der Waals surface area contributed by atoms with Crippen LogP contribution in [0.4, 0.5) is 0 Å². The molecule has 50 valence electrons. The van der Waals surface area contributed by atoms with Crippen LogP contribution in [0.5, 0.6) is 0 Å². The van der Waals surface area contributed by atoms with E-state index in [0.717, 1.165) is 0 Å². The van der Waals surface area contributed by atoms with Crippen molar-refractivity contribution in [2.75, 3.05) is 20.3 Å². The van der Waals surface area contributed by atoms with Crippen LogP contribution in [0.1, 0.15) is 6.92 Å². The maximum absolute atomic E-state index is 8.41. The van der Waals surface area contributed by atoms with E-state index in [4.69, 9.17) is 9.84 Å². The van der Waals surface area contributed by atoms with Gasteiger partial charge in [-0.05, 0) is 6.92 Å². The average Bonchev–Trinajstić information content (AvgIpc) is 1.83. The van der Waals surface area contributed by atoms with E-state index in [1.807, 2.05) is 6.92 Å². The Morgan fingerprint density at radius 3 is 2.38 bits per heavy atom. The molecular formula is C5H12O3. The standard InChI is InChI=1S/C5H12O3/c1-3-8-5(4-6)7-2/h5-6H,3-4H2,1-2H3. The van der Waals surface area contributed by atoms with Gasteiger partial charge in [0.15, 0.2) is 6.29 Å². The second kappa shape index (κ2) is 5.03. The lowest BCUT2D eigenvalue weighted by Gasteiger charge is -2.10. The fourth-order valence-corrected chi connectivity index (χ4v) is 0.381. The van der Waals surface area contributed by atoms with Crippen LogP contribution in [0.25, 0.3) is 0 Å². The second-order valence-electron chi connectivity index (χ2n) is 1.30. The summed E-state index contributed by atoms with van der Waals surface area (Å²) in [6.07, 6.45) is -0.444. The van der Waals surface area contributed by atoms with Crippen molar-refractivity contribution in [1.82, 2.24) is 0 Å². The number of ether oxygens (including phenoxy) is 2. The summed E-state index contributed by atoms with van der Waals surface area (Å²) in [7, 11) is 1.50. The molecule has 0 bridgehead atoms. The molecule has 0 aliphatic heterocycles. The van der Waals surface area contributed by atoms with Crippen molar-refractivity contribution in [1.29, 1.82) is 0 Å². The number of methoxy groups -OCH3 is 1. The Labute approximate surface area is 49.2 Å². The highest BCUT2D eigenvalue weighted by Crippen LogP contribution is 1.88. The molecule has 8 heavy (non-hydrogen) atoms. The van der Waals surface area contributed by atoms with Gasteiger partial charge in [0.05, 0.1) is 6.61 Å². The Balaban J connectivity index is 3.07. The highest BCUT2D eigenvalue weighted by molar-refractivity contribution is 4.33. The van der Waals surface area contributed by atoms with Gasteiger partial charge in [0, 0.05) is 13.7 Å². The molecule has 0 amide bonds. The Morgan fingerprint density at radius 1 is 1.62 bits per heavy atom. The van der Waals surface area contributed by atoms with E-state index in [2.05, 4.69) is 4.74 Å². The summed E-state index contributed by atoms with van der Waals surface area (Å²) in [5.41, 5.74) is 0. The Bertz CT molecular complexity index is 42.9. The molecule has 0 aliphatic rings. The van der Waals surface area contributed by atoms with Gasteiger partial charge in [-0.2, -0.15) is 0 Å². The van der Waals surface area contributed by atoms with Crippen molar-refractivity contribution in [3.05, 3.63) is 0 Å². The first kappa shape index (κ1) is 7.88. The zero-order valence-electron chi connectivity index (χ0n) is 5.26. The summed E-state index contributed by atoms with van der Waals surface area (Å²) >= 11 is 0. The van der Waals surface area contributed by atoms with Crippen LogP contribution < -0.4 is 0 Å². The van der Waals surface area contributed by atoms with Crippen molar-refractivity contribution >= 4 is 0 Å². The van der Waals surface area contributed by atoms with Crippen LogP contribution >= 0.6 is 0 Å². The molecule has 0 saturated heterocycles. The van der Waals surface area contributed by atoms with Crippen LogP contribution in [0.15, 0.2) is 0 Å². The van der Waals surface area contributed by atoms with Crippen molar-refractivity contribution in [3.63, 3.8) is 0 Å².